The quantitative estimate of drug-likeness (QED) is 0.531. The lowest BCUT2D eigenvalue weighted by Gasteiger charge is -2.12. The van der Waals surface area contributed by atoms with Crippen molar-refractivity contribution in [3.05, 3.63) is 48.0 Å². The first-order chi connectivity index (χ1) is 12.6. The molecule has 4 aromatic rings. The molecule has 0 radical (unpaired) electrons. The van der Waals surface area contributed by atoms with Crippen molar-refractivity contribution in [2.75, 3.05) is 27.7 Å². The SMILES string of the molecule is COC(=O)c1ccc2nc3c(nc2c1)c1ccccc1n3CCN(C)C. The summed E-state index contributed by atoms with van der Waals surface area (Å²) in [6, 6.07) is 13.5. The number of hydrogen-bond donors (Lipinski definition) is 0. The van der Waals surface area contributed by atoms with Gasteiger partial charge in [0.25, 0.3) is 0 Å². The Kier molecular flexibility index (Phi) is 4.05. The van der Waals surface area contributed by atoms with Crippen molar-refractivity contribution in [2.24, 2.45) is 0 Å². The number of likely N-dealkylation sites (N-methyl/N-ethyl adjacent to an activating group) is 1. The maximum Gasteiger partial charge on any atom is 0.337 e. The van der Waals surface area contributed by atoms with Crippen LogP contribution in [-0.2, 0) is 11.3 Å². The predicted molar refractivity (Wildman–Crippen MR) is 102 cm³/mol. The molecule has 0 unspecified atom stereocenters. The van der Waals surface area contributed by atoms with E-state index in [0.29, 0.717) is 11.1 Å². The maximum absolute atomic E-state index is 11.8. The summed E-state index contributed by atoms with van der Waals surface area (Å²) in [5.74, 6) is -0.373. The van der Waals surface area contributed by atoms with E-state index in [9.17, 15) is 4.79 Å². The number of methoxy groups -OCH3 is 1. The van der Waals surface area contributed by atoms with E-state index in [2.05, 4.69) is 35.7 Å². The van der Waals surface area contributed by atoms with Crippen molar-refractivity contribution in [3.63, 3.8) is 0 Å². The van der Waals surface area contributed by atoms with Crippen LogP contribution in [0.4, 0.5) is 0 Å². The molecule has 0 N–H and O–H groups in total. The fraction of sp³-hybridized carbons (Fsp3) is 0.250. The van der Waals surface area contributed by atoms with Gasteiger partial charge in [0.1, 0.15) is 5.52 Å². The maximum atomic E-state index is 11.8. The number of para-hydroxylation sites is 1. The van der Waals surface area contributed by atoms with E-state index in [1.54, 1.807) is 12.1 Å². The van der Waals surface area contributed by atoms with Gasteiger partial charge < -0.3 is 14.2 Å². The average Bonchev–Trinajstić information content (AvgIpc) is 2.96. The second kappa shape index (κ2) is 6.38. The van der Waals surface area contributed by atoms with Gasteiger partial charge in [-0.25, -0.2) is 14.8 Å². The molecule has 6 heteroatoms. The van der Waals surface area contributed by atoms with Crippen molar-refractivity contribution < 1.29 is 9.53 Å². The highest BCUT2D eigenvalue weighted by Crippen LogP contribution is 2.28. The van der Waals surface area contributed by atoms with Crippen LogP contribution in [0.25, 0.3) is 33.1 Å². The molecule has 0 aliphatic heterocycles. The highest BCUT2D eigenvalue weighted by Gasteiger charge is 2.15. The number of nitrogens with zero attached hydrogens (tertiary/aromatic N) is 4. The van der Waals surface area contributed by atoms with Gasteiger partial charge in [0, 0.05) is 18.5 Å². The fourth-order valence-corrected chi connectivity index (χ4v) is 3.21. The molecule has 0 atom stereocenters. The minimum atomic E-state index is -0.373. The van der Waals surface area contributed by atoms with Gasteiger partial charge in [-0.1, -0.05) is 18.2 Å². The van der Waals surface area contributed by atoms with Gasteiger partial charge in [-0.05, 0) is 38.4 Å². The summed E-state index contributed by atoms with van der Waals surface area (Å²) in [7, 11) is 5.49. The molecule has 0 amide bonds. The van der Waals surface area contributed by atoms with Crippen molar-refractivity contribution in [2.45, 2.75) is 6.54 Å². The third-order valence-corrected chi connectivity index (χ3v) is 4.54. The first-order valence-corrected chi connectivity index (χ1v) is 8.50. The molecule has 0 fully saturated rings. The predicted octanol–water partition coefficient (Wildman–Crippen LogP) is 3.09. The minimum absolute atomic E-state index is 0.373. The average molecular weight is 348 g/mol. The topological polar surface area (TPSA) is 60.2 Å². The van der Waals surface area contributed by atoms with E-state index in [1.165, 1.54) is 7.11 Å². The third kappa shape index (κ3) is 2.68. The van der Waals surface area contributed by atoms with E-state index in [1.807, 2.05) is 18.2 Å². The molecular formula is C20H20N4O2. The molecular weight excluding hydrogens is 328 g/mol. The lowest BCUT2D eigenvalue weighted by atomic mass is 10.2. The van der Waals surface area contributed by atoms with Crippen LogP contribution in [0.3, 0.4) is 0 Å². The summed E-state index contributed by atoms with van der Waals surface area (Å²) >= 11 is 0. The van der Waals surface area contributed by atoms with Crippen LogP contribution in [0.15, 0.2) is 42.5 Å². The van der Waals surface area contributed by atoms with E-state index in [-0.39, 0.29) is 5.97 Å². The lowest BCUT2D eigenvalue weighted by Crippen LogP contribution is -2.18. The Bertz CT molecular complexity index is 1130. The minimum Gasteiger partial charge on any atom is -0.465 e. The van der Waals surface area contributed by atoms with Crippen molar-refractivity contribution >= 4 is 39.1 Å². The van der Waals surface area contributed by atoms with Crippen LogP contribution in [0.5, 0.6) is 0 Å². The second-order valence-electron chi connectivity index (χ2n) is 6.56. The molecule has 0 bridgehead atoms. The highest BCUT2D eigenvalue weighted by atomic mass is 16.5. The third-order valence-electron chi connectivity index (χ3n) is 4.54. The van der Waals surface area contributed by atoms with Crippen LogP contribution >= 0.6 is 0 Å². The Morgan fingerprint density at radius 1 is 1.12 bits per heavy atom. The zero-order chi connectivity index (χ0) is 18.3. The summed E-state index contributed by atoms with van der Waals surface area (Å²) < 4.78 is 7.02. The second-order valence-corrected chi connectivity index (χ2v) is 6.56. The van der Waals surface area contributed by atoms with Crippen LogP contribution in [0.2, 0.25) is 0 Å². The van der Waals surface area contributed by atoms with Gasteiger partial charge in [0.15, 0.2) is 5.65 Å². The smallest absolute Gasteiger partial charge is 0.337 e. The van der Waals surface area contributed by atoms with Crippen molar-refractivity contribution in [1.82, 2.24) is 19.4 Å². The Balaban J connectivity index is 1.98. The van der Waals surface area contributed by atoms with E-state index in [4.69, 9.17) is 14.7 Å². The monoisotopic (exact) mass is 348 g/mol. The standard InChI is InChI=1S/C20H20N4O2/c1-23(2)10-11-24-17-7-5-4-6-14(17)18-19(24)22-15-9-8-13(20(25)26-3)12-16(15)21-18/h4-9,12H,10-11H2,1-3H3. The molecule has 0 saturated carbocycles. The van der Waals surface area contributed by atoms with Gasteiger partial charge in [-0.3, -0.25) is 0 Å². The molecule has 2 heterocycles. The molecule has 0 aliphatic rings. The molecule has 2 aromatic heterocycles. The summed E-state index contributed by atoms with van der Waals surface area (Å²) in [4.78, 5) is 23.6. The van der Waals surface area contributed by atoms with Gasteiger partial charge >= 0.3 is 5.97 Å². The van der Waals surface area contributed by atoms with Crippen LogP contribution in [-0.4, -0.2) is 53.2 Å². The van der Waals surface area contributed by atoms with Gasteiger partial charge in [-0.2, -0.15) is 0 Å². The number of carbonyl (C=O) groups excluding carboxylic acids is 1. The number of benzene rings is 2. The molecule has 26 heavy (non-hydrogen) atoms. The molecule has 2 aromatic carbocycles. The number of rotatable bonds is 4. The molecule has 4 rings (SSSR count). The number of esters is 1. The van der Waals surface area contributed by atoms with Crippen molar-refractivity contribution in [3.8, 4) is 0 Å². The molecule has 0 aliphatic carbocycles. The van der Waals surface area contributed by atoms with Crippen molar-refractivity contribution in [1.29, 1.82) is 0 Å². The lowest BCUT2D eigenvalue weighted by molar-refractivity contribution is 0.0601. The van der Waals surface area contributed by atoms with Crippen LogP contribution in [0.1, 0.15) is 10.4 Å². The highest BCUT2D eigenvalue weighted by molar-refractivity contribution is 6.06. The summed E-state index contributed by atoms with van der Waals surface area (Å²) in [5.41, 5.74) is 4.77. The normalized spacial score (nSPS) is 11.7. The first kappa shape index (κ1) is 16.5. The number of aromatic nitrogens is 3. The molecule has 0 saturated heterocycles. The summed E-state index contributed by atoms with van der Waals surface area (Å²) in [6.45, 7) is 1.74. The Labute approximate surface area is 151 Å². The Hall–Kier alpha value is -2.99. The van der Waals surface area contributed by atoms with E-state index >= 15 is 0 Å². The summed E-state index contributed by atoms with van der Waals surface area (Å²) in [5, 5.41) is 1.07. The number of carbonyl (C=O) groups is 1. The van der Waals surface area contributed by atoms with E-state index in [0.717, 1.165) is 40.7 Å². The zero-order valence-electron chi connectivity index (χ0n) is 15.1. The molecule has 6 nitrogen and oxygen atoms in total. The number of hydrogen-bond acceptors (Lipinski definition) is 5. The number of ether oxygens (including phenoxy) is 1. The molecule has 132 valence electrons. The van der Waals surface area contributed by atoms with Crippen LogP contribution < -0.4 is 0 Å². The van der Waals surface area contributed by atoms with Gasteiger partial charge in [0.05, 0.1) is 29.2 Å². The number of fused-ring (bicyclic) bond motifs is 4. The van der Waals surface area contributed by atoms with Gasteiger partial charge in [-0.15, -0.1) is 0 Å². The zero-order valence-corrected chi connectivity index (χ0v) is 15.1. The Morgan fingerprint density at radius 2 is 1.92 bits per heavy atom. The van der Waals surface area contributed by atoms with Gasteiger partial charge in [0.2, 0.25) is 0 Å². The van der Waals surface area contributed by atoms with Crippen LogP contribution in [0, 0.1) is 0 Å². The summed E-state index contributed by atoms with van der Waals surface area (Å²) in [6.07, 6.45) is 0. The Morgan fingerprint density at radius 3 is 2.69 bits per heavy atom. The van der Waals surface area contributed by atoms with E-state index < -0.39 is 0 Å². The first-order valence-electron chi connectivity index (χ1n) is 8.50. The fourth-order valence-electron chi connectivity index (χ4n) is 3.21. The molecule has 0 spiro atoms. The largest absolute Gasteiger partial charge is 0.465 e.